The van der Waals surface area contributed by atoms with Gasteiger partial charge in [-0.25, -0.2) is 8.78 Å². The normalized spacial score (nSPS) is 10.7. The summed E-state index contributed by atoms with van der Waals surface area (Å²) in [5.74, 6) is -2.07. The van der Waals surface area contributed by atoms with Crippen LogP contribution in [-0.4, -0.2) is 21.0 Å². The van der Waals surface area contributed by atoms with Gasteiger partial charge in [-0.15, -0.1) is 11.3 Å². The minimum atomic E-state index is -1.00. The lowest BCUT2D eigenvalue weighted by atomic mass is 10.2. The molecule has 0 bridgehead atoms. The molecule has 0 aliphatic heterocycles. The van der Waals surface area contributed by atoms with Crippen LogP contribution in [0.5, 0.6) is 0 Å². The molecule has 0 atom stereocenters. The van der Waals surface area contributed by atoms with E-state index in [9.17, 15) is 13.6 Å². The second kappa shape index (κ2) is 7.04. The molecule has 1 amide bonds. The second-order valence-electron chi connectivity index (χ2n) is 5.38. The van der Waals surface area contributed by atoms with E-state index in [2.05, 4.69) is 20.4 Å². The van der Waals surface area contributed by atoms with Gasteiger partial charge in [0.25, 0.3) is 11.8 Å². The predicted octanol–water partition coefficient (Wildman–Crippen LogP) is 4.39. The third kappa shape index (κ3) is 3.44. The summed E-state index contributed by atoms with van der Waals surface area (Å²) in [7, 11) is 0. The Kier molecular flexibility index (Phi) is 4.43. The molecule has 0 unspecified atom stereocenters. The Balaban J connectivity index is 1.60. The van der Waals surface area contributed by atoms with Crippen molar-refractivity contribution in [2.24, 2.45) is 0 Å². The number of benzene rings is 1. The summed E-state index contributed by atoms with van der Waals surface area (Å²) in [6, 6.07) is 10.0. The number of nitrogens with one attached hydrogen (secondary N) is 1. The van der Waals surface area contributed by atoms with Crippen molar-refractivity contribution in [2.45, 2.75) is 0 Å². The minimum absolute atomic E-state index is 0.110. The van der Waals surface area contributed by atoms with E-state index < -0.39 is 11.6 Å². The number of amides is 1. The van der Waals surface area contributed by atoms with Crippen LogP contribution in [0.25, 0.3) is 22.2 Å². The lowest BCUT2D eigenvalue weighted by Gasteiger charge is -2.03. The molecule has 0 spiro atoms. The first-order valence-electron chi connectivity index (χ1n) is 7.71. The number of halogens is 2. The van der Waals surface area contributed by atoms with Gasteiger partial charge >= 0.3 is 0 Å². The summed E-state index contributed by atoms with van der Waals surface area (Å²) < 4.78 is 31.7. The van der Waals surface area contributed by atoms with Crippen LogP contribution in [0.15, 0.2) is 58.6 Å². The maximum atomic E-state index is 13.4. The first kappa shape index (κ1) is 17.0. The van der Waals surface area contributed by atoms with Gasteiger partial charge in [0.2, 0.25) is 5.82 Å². The molecule has 9 heteroatoms. The van der Waals surface area contributed by atoms with Gasteiger partial charge < -0.3 is 9.84 Å². The van der Waals surface area contributed by atoms with Gasteiger partial charge in [0, 0.05) is 11.8 Å². The molecule has 1 N–H and O–H groups in total. The Labute approximate surface area is 155 Å². The van der Waals surface area contributed by atoms with Crippen molar-refractivity contribution in [2.75, 3.05) is 5.32 Å². The SMILES string of the molecule is O=C(Nc1ccsc1-c1nc(-c2ccc(F)c(F)c2)no1)c1ccccn1. The van der Waals surface area contributed by atoms with Gasteiger partial charge in [0.1, 0.15) is 10.6 Å². The lowest BCUT2D eigenvalue weighted by molar-refractivity contribution is 0.102. The molecule has 3 aromatic heterocycles. The fourth-order valence-electron chi connectivity index (χ4n) is 2.32. The highest BCUT2D eigenvalue weighted by atomic mass is 32.1. The topological polar surface area (TPSA) is 80.9 Å². The Morgan fingerprint density at radius 2 is 2.00 bits per heavy atom. The summed E-state index contributed by atoms with van der Waals surface area (Å²) in [6.07, 6.45) is 1.52. The molecule has 134 valence electrons. The lowest BCUT2D eigenvalue weighted by Crippen LogP contribution is -2.13. The van der Waals surface area contributed by atoms with Crippen LogP contribution < -0.4 is 5.32 Å². The number of thiophene rings is 1. The molecule has 0 radical (unpaired) electrons. The van der Waals surface area contributed by atoms with Crippen LogP contribution in [-0.2, 0) is 0 Å². The van der Waals surface area contributed by atoms with Crippen LogP contribution >= 0.6 is 11.3 Å². The van der Waals surface area contributed by atoms with E-state index in [1.54, 1.807) is 29.6 Å². The summed E-state index contributed by atoms with van der Waals surface area (Å²) in [4.78, 5) is 21.0. The number of hydrogen-bond acceptors (Lipinski definition) is 6. The summed E-state index contributed by atoms with van der Waals surface area (Å²) in [5, 5.41) is 8.30. The van der Waals surface area contributed by atoms with E-state index >= 15 is 0 Å². The van der Waals surface area contributed by atoms with E-state index in [-0.39, 0.29) is 28.9 Å². The van der Waals surface area contributed by atoms with Crippen molar-refractivity contribution in [1.29, 1.82) is 0 Å². The molecule has 4 aromatic rings. The van der Waals surface area contributed by atoms with E-state index in [4.69, 9.17) is 4.52 Å². The smallest absolute Gasteiger partial charge is 0.274 e. The first-order chi connectivity index (χ1) is 13.1. The van der Waals surface area contributed by atoms with Crippen LogP contribution in [0.3, 0.4) is 0 Å². The number of hydrogen-bond donors (Lipinski definition) is 1. The maximum absolute atomic E-state index is 13.4. The number of carbonyl (C=O) groups is 1. The molecule has 4 rings (SSSR count). The van der Waals surface area contributed by atoms with Gasteiger partial charge in [-0.05, 0) is 41.8 Å². The third-order valence-electron chi connectivity index (χ3n) is 3.61. The molecule has 1 aromatic carbocycles. The third-order valence-corrected chi connectivity index (χ3v) is 4.51. The maximum Gasteiger partial charge on any atom is 0.274 e. The Hall–Kier alpha value is -3.46. The molecule has 0 aliphatic carbocycles. The molecule has 0 aliphatic rings. The minimum Gasteiger partial charge on any atom is -0.333 e. The van der Waals surface area contributed by atoms with Crippen LogP contribution in [0.2, 0.25) is 0 Å². The fraction of sp³-hybridized carbons (Fsp3) is 0. The number of anilines is 1. The number of nitrogens with zero attached hydrogens (tertiary/aromatic N) is 3. The zero-order valence-electron chi connectivity index (χ0n) is 13.5. The number of pyridine rings is 1. The largest absolute Gasteiger partial charge is 0.333 e. The fourth-order valence-corrected chi connectivity index (χ4v) is 3.09. The molecular formula is C18H10F2N4O2S. The van der Waals surface area contributed by atoms with Crippen molar-refractivity contribution in [3.63, 3.8) is 0 Å². The Morgan fingerprint density at radius 1 is 1.11 bits per heavy atom. The quantitative estimate of drug-likeness (QED) is 0.564. The van der Waals surface area contributed by atoms with Gasteiger partial charge in [0.05, 0.1) is 5.69 Å². The van der Waals surface area contributed by atoms with Gasteiger partial charge in [-0.3, -0.25) is 9.78 Å². The summed E-state index contributed by atoms with van der Waals surface area (Å²) in [6.45, 7) is 0. The van der Waals surface area contributed by atoms with Gasteiger partial charge in [-0.1, -0.05) is 11.2 Å². The molecular weight excluding hydrogens is 374 g/mol. The molecule has 0 saturated heterocycles. The standard InChI is InChI=1S/C18H10F2N4O2S/c19-11-5-4-10(9-12(11)20)16-23-18(26-24-16)15-13(6-8-27-15)22-17(25)14-3-1-2-7-21-14/h1-9H,(H,22,25). The van der Waals surface area contributed by atoms with E-state index in [0.717, 1.165) is 12.1 Å². The average molecular weight is 384 g/mol. The van der Waals surface area contributed by atoms with Crippen molar-refractivity contribution in [1.82, 2.24) is 15.1 Å². The zero-order valence-corrected chi connectivity index (χ0v) is 14.3. The van der Waals surface area contributed by atoms with Crippen LogP contribution in [0.1, 0.15) is 10.5 Å². The molecule has 0 fully saturated rings. The molecule has 3 heterocycles. The summed E-state index contributed by atoms with van der Waals surface area (Å²) in [5.41, 5.74) is 1.03. The van der Waals surface area contributed by atoms with Crippen LogP contribution in [0.4, 0.5) is 14.5 Å². The van der Waals surface area contributed by atoms with E-state index in [0.29, 0.717) is 10.6 Å². The second-order valence-corrected chi connectivity index (χ2v) is 6.30. The predicted molar refractivity (Wildman–Crippen MR) is 95.2 cm³/mol. The van der Waals surface area contributed by atoms with Crippen LogP contribution in [0, 0.1) is 11.6 Å². The monoisotopic (exact) mass is 384 g/mol. The zero-order chi connectivity index (χ0) is 18.8. The van der Waals surface area contributed by atoms with E-state index in [1.165, 1.54) is 23.6 Å². The molecule has 27 heavy (non-hydrogen) atoms. The number of rotatable bonds is 4. The first-order valence-corrected chi connectivity index (χ1v) is 8.59. The highest BCUT2D eigenvalue weighted by Gasteiger charge is 2.18. The molecule has 6 nitrogen and oxygen atoms in total. The summed E-state index contributed by atoms with van der Waals surface area (Å²) >= 11 is 1.29. The Morgan fingerprint density at radius 3 is 2.78 bits per heavy atom. The van der Waals surface area contributed by atoms with E-state index in [1.807, 2.05) is 0 Å². The average Bonchev–Trinajstić information content (AvgIpc) is 3.34. The van der Waals surface area contributed by atoms with Crippen molar-refractivity contribution in [3.8, 4) is 22.2 Å². The number of aromatic nitrogens is 3. The van der Waals surface area contributed by atoms with Gasteiger partial charge in [0.15, 0.2) is 11.6 Å². The highest BCUT2D eigenvalue weighted by molar-refractivity contribution is 7.14. The van der Waals surface area contributed by atoms with Crippen molar-refractivity contribution >= 4 is 22.9 Å². The molecule has 0 saturated carbocycles. The van der Waals surface area contributed by atoms with Gasteiger partial charge in [-0.2, -0.15) is 4.98 Å². The van der Waals surface area contributed by atoms with Crippen molar-refractivity contribution in [3.05, 3.63) is 71.4 Å². The Bertz CT molecular complexity index is 1110. The van der Waals surface area contributed by atoms with Crippen molar-refractivity contribution < 1.29 is 18.1 Å². The highest BCUT2D eigenvalue weighted by Crippen LogP contribution is 2.34. The number of carbonyl (C=O) groups excluding carboxylic acids is 1.